The summed E-state index contributed by atoms with van der Waals surface area (Å²) in [6, 6.07) is 39.7. The molecule has 27 nitrogen and oxygen atoms in total. The van der Waals surface area contributed by atoms with E-state index in [0.29, 0.717) is 121 Å². The Labute approximate surface area is 752 Å². The van der Waals surface area contributed by atoms with Crippen molar-refractivity contribution in [2.75, 3.05) is 72.7 Å². The molecule has 0 amide bonds. The van der Waals surface area contributed by atoms with E-state index in [4.69, 9.17) is 71.1 Å². The third-order valence-electron chi connectivity index (χ3n) is 19.1. The predicted octanol–water partition coefficient (Wildman–Crippen LogP) is 20.1. The van der Waals surface area contributed by atoms with Crippen LogP contribution in [0, 0.1) is 12.3 Å². The molecule has 0 unspecified atom stereocenters. The summed E-state index contributed by atoms with van der Waals surface area (Å²) in [5, 5.41) is 0. The zero-order valence-corrected chi connectivity index (χ0v) is 74.8. The molecule has 0 aromatic heterocycles. The van der Waals surface area contributed by atoms with E-state index in [1.54, 1.807) is 133 Å². The van der Waals surface area contributed by atoms with Gasteiger partial charge in [0.25, 0.3) is 0 Å². The zero-order chi connectivity index (χ0) is 93.0. The van der Waals surface area contributed by atoms with Gasteiger partial charge in [0.15, 0.2) is 0 Å². The summed E-state index contributed by atoms with van der Waals surface area (Å²) in [5.41, 5.74) is 1.44. The number of carbonyl (C=O) groups excluding carboxylic acids is 12. The zero-order valence-electron chi connectivity index (χ0n) is 74.8. The van der Waals surface area contributed by atoms with Gasteiger partial charge in [-0.15, -0.1) is 0 Å². The van der Waals surface area contributed by atoms with Crippen LogP contribution in [-0.4, -0.2) is 144 Å². The smallest absolute Gasteiger partial charge is 0.343 e. The Morgan fingerprint density at radius 2 is 0.508 bits per heavy atom. The summed E-state index contributed by atoms with van der Waals surface area (Å²) in [4.78, 5) is 143. The molecule has 0 spiro atoms. The van der Waals surface area contributed by atoms with Crippen LogP contribution in [0.3, 0.4) is 0 Å². The van der Waals surface area contributed by atoms with Crippen LogP contribution in [0.15, 0.2) is 196 Å². The summed E-state index contributed by atoms with van der Waals surface area (Å²) >= 11 is 0. The van der Waals surface area contributed by atoms with Crippen LogP contribution in [0.5, 0.6) is 40.2 Å². The lowest BCUT2D eigenvalue weighted by atomic mass is 9.85. The molecule has 27 heteroatoms. The third-order valence-corrected chi connectivity index (χ3v) is 19.1. The predicted molar refractivity (Wildman–Crippen MR) is 482 cm³/mol. The fraction of sp³-hybridized carbons (Fsp3) is 0.446. The molecule has 0 saturated heterocycles. The van der Waals surface area contributed by atoms with Crippen LogP contribution in [0.4, 0.5) is 0 Å². The monoisotopic (exact) mass is 1770 g/mol. The highest BCUT2D eigenvalue weighted by molar-refractivity contribution is 5.93. The second kappa shape index (κ2) is 66.7. The maximum atomic E-state index is 12.7. The number of hydrogen-bond acceptors (Lipinski definition) is 27. The van der Waals surface area contributed by atoms with Crippen molar-refractivity contribution in [3.05, 3.63) is 224 Å². The first-order valence-corrected chi connectivity index (χ1v) is 44.2. The maximum absolute atomic E-state index is 12.7. The van der Waals surface area contributed by atoms with Gasteiger partial charge in [0, 0.05) is 37.1 Å². The Kier molecular flexibility index (Phi) is 56.1. The van der Waals surface area contributed by atoms with Gasteiger partial charge in [-0.1, -0.05) is 148 Å². The molecular weight excluding hydrogens is 1650 g/mol. The number of carbonyl (C=O) groups is 12. The van der Waals surface area contributed by atoms with Gasteiger partial charge in [0.2, 0.25) is 0 Å². The fourth-order valence-electron chi connectivity index (χ4n) is 11.8. The number of aryl methyl sites for hydroxylation is 1. The van der Waals surface area contributed by atoms with E-state index >= 15 is 0 Å². The van der Waals surface area contributed by atoms with Crippen molar-refractivity contribution in [1.82, 2.24) is 0 Å². The van der Waals surface area contributed by atoms with Crippen LogP contribution >= 0.6 is 0 Å². The van der Waals surface area contributed by atoms with Crippen LogP contribution in [0.25, 0.3) is 0 Å². The van der Waals surface area contributed by atoms with Crippen molar-refractivity contribution in [3.63, 3.8) is 0 Å². The Balaban J connectivity index is 0.000000455. The summed E-state index contributed by atoms with van der Waals surface area (Å²) in [5.74, 6) is -2.66. The fourth-order valence-corrected chi connectivity index (χ4v) is 11.8. The average molecular weight is 1770 g/mol. The van der Waals surface area contributed by atoms with Gasteiger partial charge in [0.05, 0.1) is 93.4 Å². The number of unbranched alkanes of at least 4 members (excludes halogenated alkanes) is 18. The summed E-state index contributed by atoms with van der Waals surface area (Å²) in [6.45, 7) is 23.9. The SMILES string of the molecule is C=CC(=O)OCC(CCCOC(=O)CCC(=O)OCCCCCCCCOc1ccc(C(=O)Oc2ccc(OC(=O)c3ccc(C)cc3)cc2)cc1)(COC(=O)C=C)COC(=O)C=C.C=CC(=O)OCCCCCCCCOc1ccc(C(=O)Oc2ccc(OC(=O)c3ccc(OCC)cc3)cc2)cc1.CCCCCCCCOC(=O)CCCCCOC(=O)CCCC. The van der Waals surface area contributed by atoms with E-state index in [9.17, 15) is 57.5 Å². The molecule has 0 fully saturated rings. The normalized spacial score (nSPS) is 10.5. The Morgan fingerprint density at radius 3 is 0.828 bits per heavy atom. The van der Waals surface area contributed by atoms with Crippen LogP contribution < -0.4 is 33.2 Å². The standard InChI is InChI=1S/C49H56O15.C33H36O8.C19H36O4/c1-5-42(50)60-33-49(34-61-43(51)6-2,35-62-44(52)7-3)29-14-32-59-46(54)28-27-45(53)58-31-13-11-9-8-10-12-30-57-39-21-19-38(20-22-39)48(56)64-41-25-23-40(24-26-41)63-47(55)37-17-15-36(4)16-18-37;1-3-31(34)39-24-10-8-6-5-7-9-23-38-28-17-13-26(14-18-28)33(36)41-30-21-19-29(20-22-30)40-32(35)25-11-15-27(16-12-25)37-4-2;1-3-5-7-8-9-12-16-23-19(21)15-11-10-13-17-22-18(20)14-6-4-2/h5-7,15-26H,1-3,8-14,27-35H2,4H3;3,11-22H,1,4-10,23-24H2,2H3;3-17H2,1-2H3. The Morgan fingerprint density at radius 1 is 0.258 bits per heavy atom. The van der Waals surface area contributed by atoms with Gasteiger partial charge in [-0.25, -0.2) is 38.4 Å². The molecule has 0 aliphatic heterocycles. The lowest BCUT2D eigenvalue weighted by Gasteiger charge is -2.31. The minimum absolute atomic E-state index is 0.0649. The van der Waals surface area contributed by atoms with E-state index in [-0.39, 0.29) is 76.6 Å². The van der Waals surface area contributed by atoms with Crippen LogP contribution in [-0.2, 0) is 76.3 Å². The van der Waals surface area contributed by atoms with Crippen molar-refractivity contribution in [2.45, 2.75) is 214 Å². The molecule has 0 heterocycles. The lowest BCUT2D eigenvalue weighted by molar-refractivity contribution is -0.157. The molecule has 6 aromatic carbocycles. The maximum Gasteiger partial charge on any atom is 0.343 e. The van der Waals surface area contributed by atoms with Crippen molar-refractivity contribution < 1.29 is 129 Å². The molecule has 0 saturated carbocycles. The number of rotatable bonds is 63. The van der Waals surface area contributed by atoms with Crippen molar-refractivity contribution >= 4 is 71.6 Å². The summed E-state index contributed by atoms with van der Waals surface area (Å²) in [6.07, 6.45) is 28.0. The molecule has 0 bridgehead atoms. The average Bonchev–Trinajstić information content (AvgIpc) is 0.857. The number of esters is 12. The topological polar surface area (TPSA) is 343 Å². The number of hydrogen-bond donors (Lipinski definition) is 0. The van der Waals surface area contributed by atoms with Gasteiger partial charge >= 0.3 is 71.6 Å². The van der Waals surface area contributed by atoms with Gasteiger partial charge in [-0.2, -0.15) is 0 Å². The van der Waals surface area contributed by atoms with Crippen molar-refractivity contribution in [2.24, 2.45) is 5.41 Å². The molecule has 0 N–H and O–H groups in total. The molecule has 694 valence electrons. The Hall–Kier alpha value is -12.7. The van der Waals surface area contributed by atoms with Crippen LogP contribution in [0.1, 0.15) is 254 Å². The molecular formula is C101H128O27. The van der Waals surface area contributed by atoms with Gasteiger partial charge in [-0.05, 0) is 218 Å². The largest absolute Gasteiger partial charge is 0.494 e. The molecule has 0 atom stereocenters. The number of benzene rings is 6. The van der Waals surface area contributed by atoms with Crippen molar-refractivity contribution in [1.29, 1.82) is 0 Å². The highest BCUT2D eigenvalue weighted by Gasteiger charge is 2.36. The van der Waals surface area contributed by atoms with E-state index in [2.05, 4.69) is 40.2 Å². The molecule has 128 heavy (non-hydrogen) atoms. The quantitative estimate of drug-likeness (QED) is 0.0112. The summed E-state index contributed by atoms with van der Waals surface area (Å²) in [7, 11) is 0. The minimum atomic E-state index is -1.17. The van der Waals surface area contributed by atoms with E-state index in [1.165, 1.54) is 31.8 Å². The third kappa shape index (κ3) is 49.9. The molecule has 0 radical (unpaired) electrons. The first kappa shape index (κ1) is 108. The highest BCUT2D eigenvalue weighted by Crippen LogP contribution is 2.29. The molecule has 6 rings (SSSR count). The molecule has 0 aliphatic carbocycles. The first-order valence-electron chi connectivity index (χ1n) is 44.2. The van der Waals surface area contributed by atoms with Crippen LogP contribution in [0.2, 0.25) is 0 Å². The van der Waals surface area contributed by atoms with Gasteiger partial charge in [0.1, 0.15) is 60.1 Å². The number of ether oxygens (including phenoxy) is 15. The molecule has 6 aromatic rings. The van der Waals surface area contributed by atoms with Gasteiger partial charge in [-0.3, -0.25) is 19.2 Å². The first-order chi connectivity index (χ1) is 62.0. The minimum Gasteiger partial charge on any atom is -0.494 e. The molecule has 0 aliphatic rings. The second-order valence-corrected chi connectivity index (χ2v) is 29.8. The second-order valence-electron chi connectivity index (χ2n) is 29.8. The van der Waals surface area contributed by atoms with E-state index < -0.39 is 59.1 Å². The summed E-state index contributed by atoms with van der Waals surface area (Å²) < 4.78 is 80.0. The van der Waals surface area contributed by atoms with E-state index in [0.717, 1.165) is 139 Å². The van der Waals surface area contributed by atoms with E-state index in [1.807, 2.05) is 26.0 Å². The van der Waals surface area contributed by atoms with Gasteiger partial charge < -0.3 is 71.1 Å². The highest BCUT2D eigenvalue weighted by atomic mass is 16.6. The van der Waals surface area contributed by atoms with Crippen molar-refractivity contribution in [3.8, 4) is 40.2 Å². The Bertz CT molecular complexity index is 4240. The lowest BCUT2D eigenvalue weighted by Crippen LogP contribution is -2.39.